The zero-order valence-electron chi connectivity index (χ0n) is 50.9. The van der Waals surface area contributed by atoms with Crippen molar-refractivity contribution in [2.24, 2.45) is 5.41 Å². The fourth-order valence-electron chi connectivity index (χ4n) is 9.24. The van der Waals surface area contributed by atoms with Crippen molar-refractivity contribution in [3.63, 3.8) is 0 Å². The van der Waals surface area contributed by atoms with E-state index in [-0.39, 0.29) is 54.5 Å². The van der Waals surface area contributed by atoms with Gasteiger partial charge < -0.3 is 59.1 Å². The topological polar surface area (TPSA) is 230 Å². The van der Waals surface area contributed by atoms with E-state index in [1.54, 1.807) is 6.20 Å². The number of nitrogens with one attached hydrogen (secondary N) is 4. The molecule has 5 amide bonds. The second-order valence-corrected chi connectivity index (χ2v) is 32.6. The van der Waals surface area contributed by atoms with Crippen LogP contribution in [0.25, 0.3) is 33.3 Å². The van der Waals surface area contributed by atoms with Gasteiger partial charge in [-0.05, 0) is 126 Å². The number of likely N-dealkylation sites (tertiary alicyclic amines) is 2. The van der Waals surface area contributed by atoms with Crippen molar-refractivity contribution in [3.05, 3.63) is 48.4 Å². The minimum absolute atomic E-state index is 0.00817. The van der Waals surface area contributed by atoms with Gasteiger partial charge in [0.05, 0.1) is 22.8 Å². The number of rotatable bonds is 13. The van der Waals surface area contributed by atoms with Crippen LogP contribution in [-0.4, -0.2) is 159 Å². The Morgan fingerprint density at radius 3 is 1.62 bits per heavy atom. The molecule has 3 aliphatic rings. The Morgan fingerprint density at radius 2 is 1.15 bits per heavy atom. The van der Waals surface area contributed by atoms with Crippen LogP contribution in [-0.2, 0) is 41.8 Å². The lowest BCUT2D eigenvalue weighted by Crippen LogP contribution is -2.48. The first-order valence-electron chi connectivity index (χ1n) is 28.6. The number of amides is 5. The molecule has 0 spiro atoms. The number of alkyl halides is 1. The van der Waals surface area contributed by atoms with Crippen LogP contribution < -0.4 is 21.3 Å². The first-order valence-corrected chi connectivity index (χ1v) is 33.4. The lowest BCUT2D eigenvalue weighted by atomic mass is 9.87. The van der Waals surface area contributed by atoms with Gasteiger partial charge in [-0.15, -0.1) is 0 Å². The van der Waals surface area contributed by atoms with Crippen LogP contribution in [0.1, 0.15) is 132 Å². The number of ketones is 1. The third kappa shape index (κ3) is 21.9. The Bertz CT molecular complexity index is 2760. The molecule has 0 aliphatic carbocycles. The molecule has 0 atom stereocenters. The number of aromatic nitrogens is 4. The van der Waals surface area contributed by atoms with Gasteiger partial charge in [0.15, 0.2) is 11.4 Å². The van der Waals surface area contributed by atoms with E-state index < -0.39 is 36.4 Å². The van der Waals surface area contributed by atoms with Gasteiger partial charge in [-0.3, -0.25) is 14.4 Å². The number of halogens is 1. The molecule has 3 saturated heterocycles. The van der Waals surface area contributed by atoms with E-state index in [9.17, 15) is 28.8 Å². The summed E-state index contributed by atoms with van der Waals surface area (Å²) < 4.78 is 25.6. The smallest absolute Gasteiger partial charge is 0.407 e. The number of hydrogen-bond acceptors (Lipinski definition) is 13. The van der Waals surface area contributed by atoms with Crippen LogP contribution in [0, 0.1) is 5.41 Å². The zero-order chi connectivity index (χ0) is 60.1. The molecule has 6 heterocycles. The largest absolute Gasteiger partial charge is 0.444 e. The van der Waals surface area contributed by atoms with Crippen LogP contribution in [0.5, 0.6) is 0 Å². The summed E-state index contributed by atoms with van der Waals surface area (Å²) in [5.74, 6) is 0.0995. The number of para-hydroxylation sites is 1. The molecular formula is C59H93BrN10O10Si. The molecule has 20 nitrogen and oxygen atoms in total. The first kappa shape index (κ1) is 66.2. The monoisotopic (exact) mass is 1210 g/mol. The lowest BCUT2D eigenvalue weighted by molar-refractivity contribution is -0.133. The van der Waals surface area contributed by atoms with E-state index in [1.165, 1.54) is 0 Å². The van der Waals surface area contributed by atoms with E-state index in [2.05, 4.69) is 56.8 Å². The van der Waals surface area contributed by atoms with Gasteiger partial charge >= 0.3 is 18.3 Å². The van der Waals surface area contributed by atoms with E-state index in [4.69, 9.17) is 28.9 Å². The molecule has 0 radical (unpaired) electrons. The minimum Gasteiger partial charge on any atom is -0.444 e. The number of carbonyl (C=O) groups excluding carboxylic acids is 6. The van der Waals surface area contributed by atoms with Crippen molar-refractivity contribution < 1.29 is 47.7 Å². The highest BCUT2D eigenvalue weighted by Crippen LogP contribution is 2.33. The molecule has 22 heteroatoms. The normalized spacial score (nSPS) is 16.1. The lowest BCUT2D eigenvalue weighted by Gasteiger charge is -2.33. The van der Waals surface area contributed by atoms with Crippen molar-refractivity contribution in [2.75, 3.05) is 51.2 Å². The van der Waals surface area contributed by atoms with Gasteiger partial charge in [0.2, 0.25) is 11.8 Å². The van der Waals surface area contributed by atoms with Crippen LogP contribution in [0.4, 0.5) is 14.4 Å². The Balaban J connectivity index is 0.000000305. The van der Waals surface area contributed by atoms with Crippen LogP contribution in [0.2, 0.25) is 25.7 Å². The minimum atomic E-state index is -1.25. The van der Waals surface area contributed by atoms with Gasteiger partial charge in [0.1, 0.15) is 35.6 Å². The molecule has 3 aliphatic heterocycles. The number of fused-ring (bicyclic) bond motifs is 2. The van der Waals surface area contributed by atoms with Crippen molar-refractivity contribution in [1.29, 1.82) is 0 Å². The average Bonchev–Trinajstić information content (AvgIpc) is 4.17. The summed E-state index contributed by atoms with van der Waals surface area (Å²) in [6.45, 7) is 34.8. The van der Waals surface area contributed by atoms with Crippen molar-refractivity contribution in [2.45, 2.75) is 195 Å². The second-order valence-electron chi connectivity index (χ2n) is 26.5. The molecule has 4 aromatic rings. The summed E-state index contributed by atoms with van der Waals surface area (Å²) in [7, 11) is -1.25. The van der Waals surface area contributed by atoms with Crippen LogP contribution in [0.15, 0.2) is 42.9 Å². The number of Topliss-reactive ketones (excluding diaryl/α,β-unsaturated/α-hetero) is 1. The summed E-state index contributed by atoms with van der Waals surface area (Å²) in [5, 5.41) is 13.2. The van der Waals surface area contributed by atoms with E-state index in [0.29, 0.717) is 80.1 Å². The maximum atomic E-state index is 13.6. The number of benzene rings is 1. The molecule has 0 saturated carbocycles. The van der Waals surface area contributed by atoms with Crippen LogP contribution in [0.3, 0.4) is 0 Å². The number of carbonyl (C=O) groups is 6. The number of alkyl carbamates (subject to hydrolysis) is 3. The fraction of sp³-hybridized carbons (Fsp3) is 0.661. The van der Waals surface area contributed by atoms with E-state index >= 15 is 0 Å². The highest BCUT2D eigenvalue weighted by molar-refractivity contribution is 9.09. The third-order valence-corrected chi connectivity index (χ3v) is 15.6. The number of piperidine rings is 3. The maximum Gasteiger partial charge on any atom is 0.407 e. The van der Waals surface area contributed by atoms with Gasteiger partial charge in [0, 0.05) is 93.3 Å². The van der Waals surface area contributed by atoms with Gasteiger partial charge in [0.25, 0.3) is 0 Å². The molecule has 1 aromatic carbocycles. The first-order chi connectivity index (χ1) is 37.7. The molecule has 4 N–H and O–H groups in total. The van der Waals surface area contributed by atoms with Crippen molar-refractivity contribution >= 4 is 81.9 Å². The Kier molecular flexibility index (Phi) is 23.4. The van der Waals surface area contributed by atoms with Gasteiger partial charge in [-0.2, -0.15) is 0 Å². The molecule has 3 aromatic heterocycles. The molecule has 0 bridgehead atoms. The Morgan fingerprint density at radius 1 is 0.667 bits per heavy atom. The quantitative estimate of drug-likeness (QED) is 0.0321. The second kappa shape index (κ2) is 28.6. The molecule has 7 rings (SSSR count). The SMILES string of the molecule is CC(C)(C)OC(=O)NC1CCN(C(=O)CBr)CC1.CC(C)(C)OC(=O)NC1CCN(C(=O)Cn2cc(-c3cnc4c(n3)c(C(=O)C(C)(C)C)cn4COCC[Si](C)(C)C)c3ccccc32)CC1.CC(C)(C)OC(=O)NC1CCNCC1. The average molecular weight is 1210 g/mol. The predicted octanol–water partition coefficient (Wildman–Crippen LogP) is 10.3. The summed E-state index contributed by atoms with van der Waals surface area (Å²) in [6.07, 6.45) is 9.26. The number of ether oxygens (including phenoxy) is 4. The standard InChI is InChI=1S/C37H52N6O5Si.C12H21BrN2O3.C10H20N2O2/c1-36(2,3)33(45)28-22-43(24-47-18-19-49(7,8)9)34-32(28)40-29(20-38-34)27-21-42(30-13-11-10-12-26(27)30)23-31(44)41-16-14-25(15-17-41)39-35(46)48-37(4,5)6;1-12(2,3)18-11(17)14-9-4-6-15(7-5-9)10(16)8-13;1-10(2,3)14-9(13)12-8-4-6-11-7-5-8/h10-13,20-22,25H,14-19,23-24H2,1-9H3,(H,39,46);9H,4-8H2,1-3H3,(H,14,17);8,11H,4-7H2,1-3H3,(H,12,13). The zero-order valence-corrected chi connectivity index (χ0v) is 53.5. The summed E-state index contributed by atoms with van der Waals surface area (Å²) in [4.78, 5) is 87.3. The highest BCUT2D eigenvalue weighted by atomic mass is 79.9. The summed E-state index contributed by atoms with van der Waals surface area (Å²) >= 11 is 3.16. The molecule has 450 valence electrons. The van der Waals surface area contributed by atoms with Gasteiger partial charge in [-0.25, -0.2) is 24.4 Å². The van der Waals surface area contributed by atoms with Crippen LogP contribution >= 0.6 is 15.9 Å². The fourth-order valence-corrected chi connectivity index (χ4v) is 10.4. The highest BCUT2D eigenvalue weighted by Gasteiger charge is 2.31. The van der Waals surface area contributed by atoms with E-state index in [0.717, 1.165) is 61.3 Å². The predicted molar refractivity (Wildman–Crippen MR) is 323 cm³/mol. The Labute approximate surface area is 489 Å². The third-order valence-electron chi connectivity index (χ3n) is 13.4. The molecule has 3 fully saturated rings. The van der Waals surface area contributed by atoms with Gasteiger partial charge in [-0.1, -0.05) is 74.5 Å². The van der Waals surface area contributed by atoms with E-state index in [1.807, 2.05) is 139 Å². The Hall–Kier alpha value is -5.58. The summed E-state index contributed by atoms with van der Waals surface area (Å²) in [6, 6.07) is 9.32. The number of nitrogens with zero attached hydrogens (tertiary/aromatic N) is 6. The molecular weight excluding hydrogens is 1120 g/mol. The molecule has 81 heavy (non-hydrogen) atoms. The maximum absolute atomic E-state index is 13.6. The van der Waals surface area contributed by atoms with Crippen molar-refractivity contribution in [3.8, 4) is 11.3 Å². The summed E-state index contributed by atoms with van der Waals surface area (Å²) in [5.41, 5.74) is 2.00. The number of hydrogen-bond donors (Lipinski definition) is 4. The molecule has 0 unspecified atom stereocenters. The van der Waals surface area contributed by atoms with Crippen molar-refractivity contribution in [1.82, 2.24) is 50.2 Å².